The monoisotopic (exact) mass is 340 g/mol. The Morgan fingerprint density at radius 2 is 1.71 bits per heavy atom. The molecule has 4 nitrogen and oxygen atoms in total. The molecule has 0 aliphatic rings. The second-order valence-electron chi connectivity index (χ2n) is 5.55. The fraction of sp³-hybridized carbons (Fsp3) is 0.211. The molecular formula is C19H20N2O2S. The molecule has 0 aliphatic carbocycles. The first-order chi connectivity index (χ1) is 11.6. The average Bonchev–Trinajstić information content (AvgIpc) is 3.11. The molecule has 0 aliphatic heterocycles. The summed E-state index contributed by atoms with van der Waals surface area (Å²) in [5, 5.41) is 3.03. The van der Waals surface area contributed by atoms with Crippen LogP contribution in [0.3, 0.4) is 0 Å². The number of rotatable bonds is 5. The SMILES string of the molecule is COc1ccc(OC)c(-c2csc(-c3ccc(N(C)C)cc3)n2)c1. The lowest BCUT2D eigenvalue weighted by molar-refractivity contribution is 0.404. The van der Waals surface area contributed by atoms with Crippen molar-refractivity contribution < 1.29 is 9.47 Å². The molecule has 0 unspecified atom stereocenters. The van der Waals surface area contributed by atoms with Gasteiger partial charge >= 0.3 is 0 Å². The normalized spacial score (nSPS) is 10.5. The van der Waals surface area contributed by atoms with Crippen molar-refractivity contribution in [2.75, 3.05) is 33.2 Å². The van der Waals surface area contributed by atoms with Crippen LogP contribution >= 0.6 is 11.3 Å². The van der Waals surface area contributed by atoms with Crippen LogP contribution in [0.1, 0.15) is 0 Å². The third kappa shape index (κ3) is 3.21. The van der Waals surface area contributed by atoms with Crippen molar-refractivity contribution in [3.8, 4) is 33.3 Å². The van der Waals surface area contributed by atoms with Crippen LogP contribution in [0.4, 0.5) is 5.69 Å². The van der Waals surface area contributed by atoms with Gasteiger partial charge in [-0.05, 0) is 42.5 Å². The molecule has 0 atom stereocenters. The van der Waals surface area contributed by atoms with Gasteiger partial charge in [0, 0.05) is 36.3 Å². The molecule has 3 rings (SSSR count). The molecule has 2 aromatic carbocycles. The van der Waals surface area contributed by atoms with Crippen molar-refractivity contribution in [1.29, 1.82) is 0 Å². The Kier molecular flexibility index (Phi) is 4.71. The van der Waals surface area contributed by atoms with Crippen molar-refractivity contribution in [3.05, 3.63) is 47.8 Å². The topological polar surface area (TPSA) is 34.6 Å². The maximum Gasteiger partial charge on any atom is 0.128 e. The Morgan fingerprint density at radius 3 is 2.33 bits per heavy atom. The number of ether oxygens (including phenoxy) is 2. The maximum absolute atomic E-state index is 5.46. The van der Waals surface area contributed by atoms with Crippen LogP contribution < -0.4 is 14.4 Å². The van der Waals surface area contributed by atoms with Crippen molar-refractivity contribution in [2.45, 2.75) is 0 Å². The molecule has 1 heterocycles. The van der Waals surface area contributed by atoms with Crippen LogP contribution in [0.25, 0.3) is 21.8 Å². The second-order valence-corrected chi connectivity index (χ2v) is 6.40. The standard InChI is InChI=1S/C19H20N2O2S/c1-21(2)14-7-5-13(6-8-14)19-20-17(12-24-19)16-11-15(22-3)9-10-18(16)23-4/h5-12H,1-4H3. The van der Waals surface area contributed by atoms with E-state index in [0.29, 0.717) is 0 Å². The Hall–Kier alpha value is -2.53. The summed E-state index contributed by atoms with van der Waals surface area (Å²) in [5.41, 5.74) is 4.11. The van der Waals surface area contributed by atoms with Gasteiger partial charge in [-0.1, -0.05) is 0 Å². The van der Waals surface area contributed by atoms with E-state index in [9.17, 15) is 0 Å². The third-order valence-electron chi connectivity index (χ3n) is 3.82. The van der Waals surface area contributed by atoms with Crippen molar-refractivity contribution in [1.82, 2.24) is 4.98 Å². The quantitative estimate of drug-likeness (QED) is 0.682. The molecule has 124 valence electrons. The van der Waals surface area contributed by atoms with Gasteiger partial charge in [-0.2, -0.15) is 0 Å². The lowest BCUT2D eigenvalue weighted by atomic mass is 10.1. The van der Waals surface area contributed by atoms with E-state index in [1.165, 1.54) is 5.69 Å². The van der Waals surface area contributed by atoms with Gasteiger partial charge in [0.05, 0.1) is 19.9 Å². The van der Waals surface area contributed by atoms with E-state index >= 15 is 0 Å². The molecule has 0 spiro atoms. The molecule has 0 amide bonds. The molecule has 5 heteroatoms. The summed E-state index contributed by atoms with van der Waals surface area (Å²) >= 11 is 1.62. The molecule has 0 N–H and O–H groups in total. The minimum absolute atomic E-state index is 0.788. The van der Waals surface area contributed by atoms with E-state index in [-0.39, 0.29) is 0 Å². The van der Waals surface area contributed by atoms with Crippen LogP contribution in [0.15, 0.2) is 47.8 Å². The number of nitrogens with zero attached hydrogens (tertiary/aromatic N) is 2. The number of anilines is 1. The van der Waals surface area contributed by atoms with Gasteiger partial charge in [0.15, 0.2) is 0 Å². The highest BCUT2D eigenvalue weighted by Crippen LogP contribution is 2.36. The van der Waals surface area contributed by atoms with Gasteiger partial charge in [-0.25, -0.2) is 4.98 Å². The number of hydrogen-bond donors (Lipinski definition) is 0. The number of methoxy groups -OCH3 is 2. The van der Waals surface area contributed by atoms with Crippen molar-refractivity contribution in [2.24, 2.45) is 0 Å². The summed E-state index contributed by atoms with van der Waals surface area (Å²) in [4.78, 5) is 6.86. The van der Waals surface area contributed by atoms with E-state index in [2.05, 4.69) is 29.2 Å². The first-order valence-electron chi connectivity index (χ1n) is 7.58. The first kappa shape index (κ1) is 16.3. The molecule has 0 saturated carbocycles. The molecule has 24 heavy (non-hydrogen) atoms. The largest absolute Gasteiger partial charge is 0.497 e. The fourth-order valence-corrected chi connectivity index (χ4v) is 3.27. The van der Waals surface area contributed by atoms with Crippen LogP contribution in [0, 0.1) is 0 Å². The number of benzene rings is 2. The zero-order valence-electron chi connectivity index (χ0n) is 14.2. The summed E-state index contributed by atoms with van der Waals surface area (Å²) in [6.45, 7) is 0. The lowest BCUT2D eigenvalue weighted by Crippen LogP contribution is -2.07. The Labute approximate surface area is 146 Å². The van der Waals surface area contributed by atoms with Crippen LogP contribution in [0.2, 0.25) is 0 Å². The summed E-state index contributed by atoms with van der Waals surface area (Å²) < 4.78 is 10.8. The molecule has 3 aromatic rings. The average molecular weight is 340 g/mol. The van der Waals surface area contributed by atoms with Gasteiger partial charge < -0.3 is 14.4 Å². The maximum atomic E-state index is 5.46. The predicted octanol–water partition coefficient (Wildman–Crippen LogP) is 4.56. The first-order valence-corrected chi connectivity index (χ1v) is 8.46. The van der Waals surface area contributed by atoms with Crippen molar-refractivity contribution in [3.63, 3.8) is 0 Å². The van der Waals surface area contributed by atoms with Gasteiger partial charge in [0.2, 0.25) is 0 Å². The summed E-state index contributed by atoms with van der Waals surface area (Å²) in [6, 6.07) is 14.1. The number of hydrogen-bond acceptors (Lipinski definition) is 5. The third-order valence-corrected chi connectivity index (χ3v) is 4.71. The highest BCUT2D eigenvalue weighted by molar-refractivity contribution is 7.13. The van der Waals surface area contributed by atoms with Gasteiger partial charge in [0.25, 0.3) is 0 Å². The number of thiazole rings is 1. The molecule has 0 saturated heterocycles. The van der Waals surface area contributed by atoms with Gasteiger partial charge in [-0.3, -0.25) is 0 Å². The molecule has 0 radical (unpaired) electrons. The second kappa shape index (κ2) is 6.93. The summed E-state index contributed by atoms with van der Waals surface area (Å²) in [7, 11) is 7.39. The van der Waals surface area contributed by atoms with Crippen molar-refractivity contribution >= 4 is 17.0 Å². The summed E-state index contributed by atoms with van der Waals surface area (Å²) in [5.74, 6) is 1.58. The Balaban J connectivity index is 1.96. The lowest BCUT2D eigenvalue weighted by Gasteiger charge is -2.12. The van der Waals surface area contributed by atoms with Crippen LogP contribution in [-0.4, -0.2) is 33.3 Å². The number of aromatic nitrogens is 1. The van der Waals surface area contributed by atoms with Crippen LogP contribution in [-0.2, 0) is 0 Å². The Bertz CT molecular complexity index is 826. The molecule has 0 fully saturated rings. The van der Waals surface area contributed by atoms with E-state index in [0.717, 1.165) is 33.3 Å². The molecular weight excluding hydrogens is 320 g/mol. The van der Waals surface area contributed by atoms with E-state index < -0.39 is 0 Å². The molecule has 1 aromatic heterocycles. The van der Waals surface area contributed by atoms with Crippen LogP contribution in [0.5, 0.6) is 11.5 Å². The highest BCUT2D eigenvalue weighted by atomic mass is 32.1. The van der Waals surface area contributed by atoms with E-state index in [1.807, 2.05) is 37.7 Å². The fourth-order valence-electron chi connectivity index (χ4n) is 2.45. The van der Waals surface area contributed by atoms with E-state index in [4.69, 9.17) is 14.5 Å². The predicted molar refractivity (Wildman–Crippen MR) is 100 cm³/mol. The Morgan fingerprint density at radius 1 is 0.958 bits per heavy atom. The zero-order valence-corrected chi connectivity index (χ0v) is 15.1. The van der Waals surface area contributed by atoms with E-state index in [1.54, 1.807) is 25.6 Å². The summed E-state index contributed by atoms with van der Waals surface area (Å²) in [6.07, 6.45) is 0. The molecule has 0 bridgehead atoms. The minimum atomic E-state index is 0.788. The highest BCUT2D eigenvalue weighted by Gasteiger charge is 2.12. The zero-order chi connectivity index (χ0) is 17.1. The van der Waals surface area contributed by atoms with Gasteiger partial charge in [-0.15, -0.1) is 11.3 Å². The minimum Gasteiger partial charge on any atom is -0.497 e. The van der Waals surface area contributed by atoms with Gasteiger partial charge in [0.1, 0.15) is 16.5 Å². The smallest absolute Gasteiger partial charge is 0.128 e.